The number of ether oxygens (including phenoxy) is 2. The molecule has 6 heteroatoms. The molecule has 0 bridgehead atoms. The zero-order valence-electron chi connectivity index (χ0n) is 15.0. The van der Waals surface area contributed by atoms with Gasteiger partial charge in [-0.15, -0.1) is 0 Å². The molecule has 136 valence electrons. The highest BCUT2D eigenvalue weighted by atomic mass is 16.5. The van der Waals surface area contributed by atoms with Crippen LogP contribution in [0, 0.1) is 18.8 Å². The van der Waals surface area contributed by atoms with Gasteiger partial charge in [0.2, 0.25) is 11.8 Å². The summed E-state index contributed by atoms with van der Waals surface area (Å²) >= 11 is 0. The Labute approximate surface area is 152 Å². The van der Waals surface area contributed by atoms with Crippen LogP contribution in [0.2, 0.25) is 0 Å². The van der Waals surface area contributed by atoms with Crippen LogP contribution in [0.25, 0.3) is 0 Å². The van der Waals surface area contributed by atoms with Gasteiger partial charge in [-0.2, -0.15) is 0 Å². The number of hydrogen-bond donors (Lipinski definition) is 2. The van der Waals surface area contributed by atoms with Crippen LogP contribution in [-0.2, 0) is 9.59 Å². The molecule has 26 heavy (non-hydrogen) atoms. The van der Waals surface area contributed by atoms with E-state index in [2.05, 4.69) is 10.6 Å². The Kier molecular flexibility index (Phi) is 5.11. The molecular formula is C20H22N2O4. The Morgan fingerprint density at radius 3 is 2.35 bits per heavy atom. The molecule has 0 saturated heterocycles. The molecule has 2 N–H and O–H groups in total. The number of aryl methyl sites for hydroxylation is 1. The second kappa shape index (κ2) is 7.47. The molecule has 1 aliphatic rings. The first-order chi connectivity index (χ1) is 12.5. The van der Waals surface area contributed by atoms with Crippen LogP contribution >= 0.6 is 0 Å². The Bertz CT molecular complexity index is 834. The lowest BCUT2D eigenvalue weighted by molar-refractivity contribution is -0.122. The van der Waals surface area contributed by atoms with Crippen LogP contribution < -0.4 is 20.1 Å². The van der Waals surface area contributed by atoms with E-state index in [0.29, 0.717) is 23.6 Å². The molecule has 2 amide bonds. The van der Waals surface area contributed by atoms with Crippen LogP contribution in [0.3, 0.4) is 0 Å². The van der Waals surface area contributed by atoms with Crippen LogP contribution in [0.5, 0.6) is 11.5 Å². The van der Waals surface area contributed by atoms with Crippen molar-refractivity contribution < 1.29 is 19.1 Å². The van der Waals surface area contributed by atoms with Gasteiger partial charge in [-0.3, -0.25) is 9.59 Å². The molecular weight excluding hydrogens is 332 g/mol. The molecule has 0 heterocycles. The molecule has 1 saturated carbocycles. The summed E-state index contributed by atoms with van der Waals surface area (Å²) in [7, 11) is 3.09. The number of carbonyl (C=O) groups excluding carboxylic acids is 2. The van der Waals surface area contributed by atoms with Crippen molar-refractivity contribution in [3.8, 4) is 11.5 Å². The van der Waals surface area contributed by atoms with Crippen molar-refractivity contribution in [1.82, 2.24) is 0 Å². The molecule has 2 atom stereocenters. The summed E-state index contributed by atoms with van der Waals surface area (Å²) in [5, 5.41) is 5.70. The van der Waals surface area contributed by atoms with Gasteiger partial charge in [0.25, 0.3) is 0 Å². The zero-order chi connectivity index (χ0) is 18.7. The Morgan fingerprint density at radius 1 is 0.962 bits per heavy atom. The van der Waals surface area contributed by atoms with Gasteiger partial charge in [-0.1, -0.05) is 12.1 Å². The molecule has 0 radical (unpaired) electrons. The van der Waals surface area contributed by atoms with Crippen molar-refractivity contribution in [1.29, 1.82) is 0 Å². The predicted molar refractivity (Wildman–Crippen MR) is 99.6 cm³/mol. The molecule has 3 rings (SSSR count). The Balaban J connectivity index is 1.60. The number of nitrogens with one attached hydrogen (secondary N) is 2. The number of rotatable bonds is 6. The first kappa shape index (κ1) is 17.8. The number of carbonyl (C=O) groups is 2. The predicted octanol–water partition coefficient (Wildman–Crippen LogP) is 3.23. The van der Waals surface area contributed by atoms with Gasteiger partial charge in [-0.25, -0.2) is 0 Å². The van der Waals surface area contributed by atoms with E-state index in [0.717, 1.165) is 11.3 Å². The number of benzene rings is 2. The van der Waals surface area contributed by atoms with E-state index >= 15 is 0 Å². The second-order valence-corrected chi connectivity index (χ2v) is 6.36. The van der Waals surface area contributed by atoms with Crippen molar-refractivity contribution in [2.75, 3.05) is 24.9 Å². The summed E-state index contributed by atoms with van der Waals surface area (Å²) in [4.78, 5) is 24.8. The third-order valence-corrected chi connectivity index (χ3v) is 4.42. The van der Waals surface area contributed by atoms with Crippen LogP contribution in [0.15, 0.2) is 42.5 Å². The van der Waals surface area contributed by atoms with Gasteiger partial charge < -0.3 is 20.1 Å². The normalized spacial score (nSPS) is 18.0. The SMILES string of the molecule is COc1ccc(NC(=O)C2CC2C(=O)Nc2cccc(C)c2)c(OC)c1. The van der Waals surface area contributed by atoms with Gasteiger partial charge in [-0.05, 0) is 43.2 Å². The standard InChI is InChI=1S/C20H22N2O4/c1-12-5-4-6-13(9-12)21-19(23)15-11-16(15)20(24)22-17-8-7-14(25-2)10-18(17)26-3/h4-10,15-16H,11H2,1-3H3,(H,21,23)(H,22,24). The molecule has 1 fully saturated rings. The number of anilines is 2. The maximum atomic E-state index is 12.4. The van der Waals surface area contributed by atoms with Crippen molar-refractivity contribution >= 4 is 23.2 Å². The summed E-state index contributed by atoms with van der Waals surface area (Å²) in [6.45, 7) is 1.96. The second-order valence-electron chi connectivity index (χ2n) is 6.36. The van der Waals surface area contributed by atoms with Crippen LogP contribution in [0.1, 0.15) is 12.0 Å². The topological polar surface area (TPSA) is 76.7 Å². The minimum atomic E-state index is -0.327. The average molecular weight is 354 g/mol. The van der Waals surface area contributed by atoms with Gasteiger partial charge in [0.1, 0.15) is 11.5 Å². The van der Waals surface area contributed by atoms with E-state index in [1.54, 1.807) is 25.3 Å². The maximum Gasteiger partial charge on any atom is 0.228 e. The molecule has 0 aliphatic heterocycles. The number of methoxy groups -OCH3 is 2. The van der Waals surface area contributed by atoms with Crippen molar-refractivity contribution in [2.45, 2.75) is 13.3 Å². The number of amides is 2. The molecule has 0 aromatic heterocycles. The smallest absolute Gasteiger partial charge is 0.228 e. The Hall–Kier alpha value is -3.02. The molecule has 2 unspecified atom stereocenters. The maximum absolute atomic E-state index is 12.4. The Morgan fingerprint density at radius 2 is 1.69 bits per heavy atom. The first-order valence-corrected chi connectivity index (χ1v) is 8.42. The highest BCUT2D eigenvalue weighted by molar-refractivity contribution is 6.03. The summed E-state index contributed by atoms with van der Waals surface area (Å²) in [6.07, 6.45) is 0.544. The van der Waals surface area contributed by atoms with Gasteiger partial charge in [0, 0.05) is 11.8 Å². The first-order valence-electron chi connectivity index (χ1n) is 8.42. The summed E-state index contributed by atoms with van der Waals surface area (Å²) in [5.74, 6) is 0.211. The largest absolute Gasteiger partial charge is 0.497 e. The highest BCUT2D eigenvalue weighted by Gasteiger charge is 2.48. The monoisotopic (exact) mass is 354 g/mol. The molecule has 2 aromatic rings. The molecule has 6 nitrogen and oxygen atoms in total. The summed E-state index contributed by atoms with van der Waals surface area (Å²) in [5.41, 5.74) is 2.38. The lowest BCUT2D eigenvalue weighted by atomic mass is 10.2. The fourth-order valence-corrected chi connectivity index (χ4v) is 2.86. The van der Waals surface area contributed by atoms with E-state index in [9.17, 15) is 9.59 Å². The van der Waals surface area contributed by atoms with Crippen LogP contribution in [-0.4, -0.2) is 26.0 Å². The lowest BCUT2D eigenvalue weighted by Gasteiger charge is -2.11. The summed E-state index contributed by atoms with van der Waals surface area (Å²) < 4.78 is 10.4. The number of hydrogen-bond acceptors (Lipinski definition) is 4. The fraction of sp³-hybridized carbons (Fsp3) is 0.300. The summed E-state index contributed by atoms with van der Waals surface area (Å²) in [6, 6.07) is 12.8. The quantitative estimate of drug-likeness (QED) is 0.835. The van der Waals surface area contributed by atoms with E-state index in [4.69, 9.17) is 9.47 Å². The fourth-order valence-electron chi connectivity index (χ4n) is 2.86. The van der Waals surface area contributed by atoms with Crippen LogP contribution in [0.4, 0.5) is 11.4 Å². The third-order valence-electron chi connectivity index (χ3n) is 4.42. The van der Waals surface area contributed by atoms with Gasteiger partial charge >= 0.3 is 0 Å². The minimum Gasteiger partial charge on any atom is -0.497 e. The van der Waals surface area contributed by atoms with E-state index in [-0.39, 0.29) is 23.7 Å². The molecule has 1 aliphatic carbocycles. The average Bonchev–Trinajstić information content (AvgIpc) is 3.43. The van der Waals surface area contributed by atoms with Gasteiger partial charge in [0.05, 0.1) is 31.7 Å². The van der Waals surface area contributed by atoms with Crippen molar-refractivity contribution in [2.24, 2.45) is 11.8 Å². The third kappa shape index (κ3) is 3.96. The van der Waals surface area contributed by atoms with Crippen molar-refractivity contribution in [3.05, 3.63) is 48.0 Å². The lowest BCUT2D eigenvalue weighted by Crippen LogP contribution is -2.20. The van der Waals surface area contributed by atoms with E-state index < -0.39 is 0 Å². The zero-order valence-corrected chi connectivity index (χ0v) is 15.0. The highest BCUT2D eigenvalue weighted by Crippen LogP contribution is 2.41. The molecule has 0 spiro atoms. The van der Waals surface area contributed by atoms with Gasteiger partial charge in [0.15, 0.2) is 0 Å². The van der Waals surface area contributed by atoms with E-state index in [1.807, 2.05) is 31.2 Å². The van der Waals surface area contributed by atoms with E-state index in [1.165, 1.54) is 7.11 Å². The molecule has 2 aromatic carbocycles. The van der Waals surface area contributed by atoms with Crippen molar-refractivity contribution in [3.63, 3.8) is 0 Å². The minimum absolute atomic E-state index is 0.127.